The number of ketones is 1. The molecule has 0 spiro atoms. The summed E-state index contributed by atoms with van der Waals surface area (Å²) in [5.74, 6) is -1.38. The molecule has 1 fully saturated rings. The zero-order chi connectivity index (χ0) is 31.3. The minimum absolute atomic E-state index is 0.0663. The Balaban J connectivity index is 1.81. The van der Waals surface area contributed by atoms with Gasteiger partial charge in [-0.1, -0.05) is 59.6 Å². The first-order chi connectivity index (χ1) is 20.4. The van der Waals surface area contributed by atoms with Crippen LogP contribution in [0.2, 0.25) is 10.0 Å². The predicted molar refractivity (Wildman–Crippen MR) is 175 cm³/mol. The lowest BCUT2D eigenvalue weighted by atomic mass is 9.77. The van der Waals surface area contributed by atoms with Crippen LogP contribution in [0.4, 0.5) is 0 Å². The first kappa shape index (κ1) is 33.3. The Hall–Kier alpha value is -2.64. The first-order valence-electron chi connectivity index (χ1n) is 15.2. The van der Waals surface area contributed by atoms with Crippen molar-refractivity contribution in [2.75, 3.05) is 33.8 Å². The van der Waals surface area contributed by atoms with E-state index in [1.54, 1.807) is 25.1 Å². The van der Waals surface area contributed by atoms with Gasteiger partial charge in [0.15, 0.2) is 5.78 Å². The standard InChI is InChI=1S/C35H45Cl2N3O3/c1-23(41)30-28(16-15-24-11-8-7-9-12-24)38-29(19-22-40(35(2,3)4)25-17-20-39(5)21-18-25)32(34(42)43-6)33(30)31-26(36)13-10-14-27(31)37/h7-14,25,33,38H,15-22H2,1-6H3. The van der Waals surface area contributed by atoms with Gasteiger partial charge in [0.05, 0.1) is 18.6 Å². The van der Waals surface area contributed by atoms with Crippen LogP contribution in [0.1, 0.15) is 70.4 Å². The number of hydrogen-bond acceptors (Lipinski definition) is 6. The van der Waals surface area contributed by atoms with Crippen molar-refractivity contribution in [3.05, 3.63) is 92.2 Å². The summed E-state index contributed by atoms with van der Waals surface area (Å²) < 4.78 is 5.37. The number of carbonyl (C=O) groups is 2. The molecular weight excluding hydrogens is 581 g/mol. The maximum atomic E-state index is 13.7. The molecule has 2 aliphatic rings. The van der Waals surface area contributed by atoms with E-state index in [2.05, 4.69) is 55.1 Å². The number of allylic oxidation sites excluding steroid dienone is 2. The number of aryl methyl sites for hydroxylation is 1. The number of Topliss-reactive ketones (excluding diaryl/α,β-unsaturated/α-hetero) is 1. The van der Waals surface area contributed by atoms with E-state index in [4.69, 9.17) is 27.9 Å². The molecule has 0 radical (unpaired) electrons. The maximum absolute atomic E-state index is 13.7. The Morgan fingerprint density at radius 3 is 2.09 bits per heavy atom. The third kappa shape index (κ3) is 7.91. The Kier molecular flexibility index (Phi) is 11.2. The number of piperidine rings is 1. The number of dihydropyridines is 1. The van der Waals surface area contributed by atoms with Gasteiger partial charge in [-0.25, -0.2) is 4.79 Å². The summed E-state index contributed by atoms with van der Waals surface area (Å²) in [6, 6.07) is 15.9. The lowest BCUT2D eigenvalue weighted by Gasteiger charge is -2.45. The largest absolute Gasteiger partial charge is 0.466 e. The van der Waals surface area contributed by atoms with Crippen molar-refractivity contribution in [2.24, 2.45) is 0 Å². The van der Waals surface area contributed by atoms with Crippen LogP contribution in [-0.4, -0.2) is 66.9 Å². The highest BCUT2D eigenvalue weighted by Gasteiger charge is 2.40. The average Bonchev–Trinajstić information content (AvgIpc) is 2.96. The second-order valence-corrected chi connectivity index (χ2v) is 13.5. The van der Waals surface area contributed by atoms with Crippen molar-refractivity contribution >= 4 is 35.0 Å². The number of nitrogens with zero attached hydrogens (tertiary/aromatic N) is 2. The van der Waals surface area contributed by atoms with Gasteiger partial charge in [-0.05, 0) is 91.2 Å². The smallest absolute Gasteiger partial charge is 0.336 e. The summed E-state index contributed by atoms with van der Waals surface area (Å²) in [5.41, 5.74) is 4.09. The van der Waals surface area contributed by atoms with E-state index in [-0.39, 0.29) is 11.3 Å². The first-order valence-corrected chi connectivity index (χ1v) is 15.9. The predicted octanol–water partition coefficient (Wildman–Crippen LogP) is 7.17. The normalized spacial score (nSPS) is 18.7. The van der Waals surface area contributed by atoms with Crippen molar-refractivity contribution in [1.82, 2.24) is 15.1 Å². The number of esters is 1. The van der Waals surface area contributed by atoms with E-state index in [9.17, 15) is 9.59 Å². The molecule has 232 valence electrons. The summed E-state index contributed by atoms with van der Waals surface area (Å²) in [7, 11) is 3.55. The fourth-order valence-corrected chi connectivity index (χ4v) is 7.18. The number of carbonyl (C=O) groups excluding carboxylic acids is 2. The maximum Gasteiger partial charge on any atom is 0.336 e. The van der Waals surface area contributed by atoms with Crippen molar-refractivity contribution in [3.63, 3.8) is 0 Å². The Labute approximate surface area is 267 Å². The summed E-state index contributed by atoms with van der Waals surface area (Å²) in [4.78, 5) is 32.0. The SMILES string of the molecule is COC(=O)C1=C(CCN(C2CCN(C)CC2)C(C)(C)C)NC(CCc2ccccc2)=C(C(C)=O)C1c1c(Cl)cccc1Cl. The molecule has 0 saturated carbocycles. The van der Waals surface area contributed by atoms with Crippen LogP contribution in [0.5, 0.6) is 0 Å². The topological polar surface area (TPSA) is 61.9 Å². The number of rotatable bonds is 10. The number of ether oxygens (including phenoxy) is 1. The number of likely N-dealkylation sites (tertiary alicyclic amines) is 1. The molecular formula is C35H45Cl2N3O3. The Bertz CT molecular complexity index is 1350. The molecule has 1 unspecified atom stereocenters. The average molecular weight is 627 g/mol. The molecule has 0 bridgehead atoms. The van der Waals surface area contributed by atoms with Gasteiger partial charge < -0.3 is 15.0 Å². The van der Waals surface area contributed by atoms with Gasteiger partial charge in [0.1, 0.15) is 0 Å². The Morgan fingerprint density at radius 1 is 0.930 bits per heavy atom. The molecule has 1 saturated heterocycles. The third-order valence-corrected chi connectivity index (χ3v) is 9.36. The molecule has 4 rings (SSSR count). The van der Waals surface area contributed by atoms with Gasteiger partial charge in [0.25, 0.3) is 0 Å². The highest BCUT2D eigenvalue weighted by Crippen LogP contribution is 2.46. The van der Waals surface area contributed by atoms with Crippen LogP contribution < -0.4 is 5.32 Å². The van der Waals surface area contributed by atoms with E-state index in [0.717, 1.165) is 55.9 Å². The minimum Gasteiger partial charge on any atom is -0.466 e. The van der Waals surface area contributed by atoms with Crippen LogP contribution in [0.3, 0.4) is 0 Å². The van der Waals surface area contributed by atoms with Gasteiger partial charge in [-0.15, -0.1) is 0 Å². The number of hydrogen-bond donors (Lipinski definition) is 1. The molecule has 1 N–H and O–H groups in total. The molecule has 1 atom stereocenters. The van der Waals surface area contributed by atoms with Gasteiger partial charge >= 0.3 is 5.97 Å². The summed E-state index contributed by atoms with van der Waals surface area (Å²) in [6.45, 7) is 11.2. The quantitative estimate of drug-likeness (QED) is 0.282. The van der Waals surface area contributed by atoms with E-state index in [1.807, 2.05) is 18.2 Å². The molecule has 43 heavy (non-hydrogen) atoms. The molecule has 2 aromatic carbocycles. The van der Waals surface area contributed by atoms with Gasteiger partial charge in [-0.3, -0.25) is 9.69 Å². The molecule has 2 heterocycles. The van der Waals surface area contributed by atoms with Crippen LogP contribution in [0.25, 0.3) is 0 Å². The molecule has 0 aromatic heterocycles. The molecule has 8 heteroatoms. The number of nitrogens with one attached hydrogen (secondary N) is 1. The zero-order valence-corrected chi connectivity index (χ0v) is 27.8. The molecule has 0 aliphatic carbocycles. The van der Waals surface area contributed by atoms with Crippen molar-refractivity contribution < 1.29 is 14.3 Å². The lowest BCUT2D eigenvalue weighted by molar-refractivity contribution is -0.136. The van der Waals surface area contributed by atoms with E-state index >= 15 is 0 Å². The van der Waals surface area contributed by atoms with Crippen LogP contribution in [-0.2, 0) is 20.7 Å². The number of halogens is 2. The molecule has 2 aliphatic heterocycles. The van der Waals surface area contributed by atoms with Gasteiger partial charge in [0, 0.05) is 57.1 Å². The van der Waals surface area contributed by atoms with Crippen molar-refractivity contribution in [3.8, 4) is 0 Å². The van der Waals surface area contributed by atoms with Crippen molar-refractivity contribution in [1.29, 1.82) is 0 Å². The van der Waals surface area contributed by atoms with E-state index in [1.165, 1.54) is 7.11 Å². The van der Waals surface area contributed by atoms with Crippen LogP contribution in [0, 0.1) is 0 Å². The summed E-state index contributed by atoms with van der Waals surface area (Å²) in [5, 5.41) is 4.41. The minimum atomic E-state index is -0.750. The second-order valence-electron chi connectivity index (χ2n) is 12.7. The Morgan fingerprint density at radius 2 is 1.53 bits per heavy atom. The van der Waals surface area contributed by atoms with E-state index < -0.39 is 11.9 Å². The molecule has 6 nitrogen and oxygen atoms in total. The highest BCUT2D eigenvalue weighted by atomic mass is 35.5. The second kappa shape index (κ2) is 14.4. The van der Waals surface area contributed by atoms with Crippen LogP contribution >= 0.6 is 23.2 Å². The molecule has 2 aromatic rings. The van der Waals surface area contributed by atoms with E-state index in [0.29, 0.717) is 45.6 Å². The fourth-order valence-electron chi connectivity index (χ4n) is 6.56. The van der Waals surface area contributed by atoms with Crippen LogP contribution in [0.15, 0.2) is 71.1 Å². The van der Waals surface area contributed by atoms with Crippen molar-refractivity contribution in [2.45, 2.75) is 77.3 Å². The number of benzene rings is 2. The summed E-state index contributed by atoms with van der Waals surface area (Å²) in [6.07, 6.45) is 4.09. The van der Waals surface area contributed by atoms with Gasteiger partial charge in [-0.2, -0.15) is 0 Å². The molecule has 0 amide bonds. The lowest BCUT2D eigenvalue weighted by Crippen LogP contribution is -2.52. The highest BCUT2D eigenvalue weighted by molar-refractivity contribution is 6.36. The number of methoxy groups -OCH3 is 1. The monoisotopic (exact) mass is 625 g/mol. The zero-order valence-electron chi connectivity index (χ0n) is 26.3. The summed E-state index contributed by atoms with van der Waals surface area (Å²) >= 11 is 13.6. The van der Waals surface area contributed by atoms with Gasteiger partial charge in [0.2, 0.25) is 0 Å². The third-order valence-electron chi connectivity index (χ3n) is 8.70. The fraction of sp³-hybridized carbons (Fsp3) is 0.486.